The minimum Gasteiger partial charge on any atom is -0.508 e. The number of nitrogens with two attached hydrogens (primary N) is 1. The Balaban J connectivity index is 1.99. The molecular weight excluding hydrogens is 404 g/mol. The Morgan fingerprint density at radius 2 is 1.84 bits per heavy atom. The summed E-state index contributed by atoms with van der Waals surface area (Å²) < 4.78 is 0. The molecule has 0 aliphatic heterocycles. The monoisotopic (exact) mass is 428 g/mol. The van der Waals surface area contributed by atoms with Crippen molar-refractivity contribution in [2.75, 3.05) is 19.0 Å². The van der Waals surface area contributed by atoms with Crippen LogP contribution in [0, 0.1) is 11.3 Å². The van der Waals surface area contributed by atoms with Crippen molar-refractivity contribution in [1.82, 2.24) is 0 Å². The van der Waals surface area contributed by atoms with Crippen LogP contribution >= 0.6 is 0 Å². The van der Waals surface area contributed by atoms with Crippen LogP contribution in [0.4, 0.5) is 5.69 Å². The molecule has 0 saturated heterocycles. The number of hydrogen-bond donors (Lipinski definition) is 5. The molecule has 4 rings (SSSR count). The van der Waals surface area contributed by atoms with Crippen molar-refractivity contribution >= 4 is 28.9 Å². The van der Waals surface area contributed by atoms with Gasteiger partial charge < -0.3 is 31.1 Å². The number of Topliss-reactive ketones (excluding diaryl/α,β-unsaturated/α-hetero) is 2. The first-order chi connectivity index (χ1) is 14.3. The van der Waals surface area contributed by atoms with Crippen molar-refractivity contribution in [1.29, 1.82) is 0 Å². The summed E-state index contributed by atoms with van der Waals surface area (Å²) in [6.45, 7) is 1.50. The summed E-state index contributed by atoms with van der Waals surface area (Å²) in [5, 5.41) is 43.5. The number of phenolic OH excluding ortho intramolecular Hbond substituents is 1. The van der Waals surface area contributed by atoms with Gasteiger partial charge in [-0.15, -0.1) is 0 Å². The maximum absolute atomic E-state index is 13.5. The molecule has 3 atom stereocenters. The average molecular weight is 428 g/mol. The van der Waals surface area contributed by atoms with E-state index in [1.807, 2.05) is 19.0 Å². The first-order valence-corrected chi connectivity index (χ1v) is 9.84. The molecule has 1 aromatic rings. The van der Waals surface area contributed by atoms with Gasteiger partial charge in [0.25, 0.3) is 5.91 Å². The third kappa shape index (κ3) is 2.49. The summed E-state index contributed by atoms with van der Waals surface area (Å²) in [5.41, 5.74) is 1.71. The number of carbonyl (C=O) groups excluding carboxylic acids is 3. The largest absolute Gasteiger partial charge is 0.508 e. The molecule has 1 amide bonds. The number of carbonyl (C=O) groups is 3. The first-order valence-electron chi connectivity index (χ1n) is 9.84. The molecule has 3 aliphatic carbocycles. The summed E-state index contributed by atoms with van der Waals surface area (Å²) in [7, 11) is 3.62. The zero-order valence-corrected chi connectivity index (χ0v) is 17.4. The number of amides is 1. The van der Waals surface area contributed by atoms with Gasteiger partial charge in [0.2, 0.25) is 5.78 Å². The highest BCUT2D eigenvalue weighted by Crippen LogP contribution is 2.58. The van der Waals surface area contributed by atoms with Gasteiger partial charge in [0, 0.05) is 37.2 Å². The number of nitrogens with zero attached hydrogens (tertiary/aromatic N) is 1. The Morgan fingerprint density at radius 3 is 2.42 bits per heavy atom. The fourth-order valence-electron chi connectivity index (χ4n) is 5.42. The summed E-state index contributed by atoms with van der Waals surface area (Å²) in [6.07, 6.45) is -0.0105. The van der Waals surface area contributed by atoms with Crippen molar-refractivity contribution in [3.05, 3.63) is 40.2 Å². The van der Waals surface area contributed by atoms with Crippen LogP contribution in [0.3, 0.4) is 0 Å². The Hall–Kier alpha value is -3.33. The summed E-state index contributed by atoms with van der Waals surface area (Å²) >= 11 is 0. The van der Waals surface area contributed by atoms with Gasteiger partial charge >= 0.3 is 0 Å². The lowest BCUT2D eigenvalue weighted by atomic mass is 9.52. The minimum atomic E-state index is -2.60. The molecule has 0 spiro atoms. The van der Waals surface area contributed by atoms with Crippen molar-refractivity contribution in [2.24, 2.45) is 17.1 Å². The van der Waals surface area contributed by atoms with Crippen molar-refractivity contribution in [3.63, 3.8) is 0 Å². The maximum atomic E-state index is 13.5. The van der Waals surface area contributed by atoms with Crippen LogP contribution in [0.1, 0.15) is 30.9 Å². The highest BCUT2D eigenvalue weighted by molar-refractivity contribution is 6.23. The second-order valence-corrected chi connectivity index (χ2v) is 9.01. The molecule has 0 bridgehead atoms. The minimum absolute atomic E-state index is 0.0818. The van der Waals surface area contributed by atoms with E-state index in [1.165, 1.54) is 13.0 Å². The SMILES string of the molecule is CN(C)c1ccc(O)c2c1C[C@H]1C[C@@]3(C)CC(=O)C(C(N)=O)=C(O)[C@@]3(O)C(=O)C1=C2O. The van der Waals surface area contributed by atoms with Crippen LogP contribution in [-0.2, 0) is 20.8 Å². The number of phenols is 1. The molecule has 0 heterocycles. The zero-order valence-electron chi connectivity index (χ0n) is 17.4. The fraction of sp³-hybridized carbons (Fsp3) is 0.409. The number of anilines is 1. The molecule has 6 N–H and O–H groups in total. The molecular formula is C22H24N2O7. The number of primary amides is 1. The van der Waals surface area contributed by atoms with E-state index >= 15 is 0 Å². The van der Waals surface area contributed by atoms with Crippen molar-refractivity contribution in [3.8, 4) is 5.75 Å². The van der Waals surface area contributed by atoms with Gasteiger partial charge in [0.1, 0.15) is 22.8 Å². The molecule has 9 nitrogen and oxygen atoms in total. The van der Waals surface area contributed by atoms with Gasteiger partial charge in [-0.1, -0.05) is 6.92 Å². The van der Waals surface area contributed by atoms with Crippen LogP contribution in [0.25, 0.3) is 5.76 Å². The Kier molecular flexibility index (Phi) is 4.28. The number of hydrogen-bond acceptors (Lipinski definition) is 8. The number of rotatable bonds is 2. The highest BCUT2D eigenvalue weighted by Gasteiger charge is 2.66. The Morgan fingerprint density at radius 1 is 1.19 bits per heavy atom. The molecule has 1 fully saturated rings. The number of benzene rings is 1. The Bertz CT molecular complexity index is 1130. The first kappa shape index (κ1) is 20.9. The van der Waals surface area contributed by atoms with Crippen LogP contribution in [-0.4, -0.2) is 57.6 Å². The van der Waals surface area contributed by atoms with Crippen LogP contribution in [0.5, 0.6) is 5.75 Å². The van der Waals surface area contributed by atoms with E-state index in [-0.39, 0.29) is 36.1 Å². The number of aromatic hydroxyl groups is 1. The molecule has 9 heteroatoms. The van der Waals surface area contributed by atoms with Gasteiger partial charge in [-0.05, 0) is 36.5 Å². The molecule has 31 heavy (non-hydrogen) atoms. The lowest BCUT2D eigenvalue weighted by molar-refractivity contribution is -0.161. The number of aliphatic hydroxyl groups excluding tert-OH is 2. The topological polar surface area (TPSA) is 161 Å². The zero-order chi connectivity index (χ0) is 23.0. The normalized spacial score (nSPS) is 30.0. The highest BCUT2D eigenvalue weighted by atomic mass is 16.3. The van der Waals surface area contributed by atoms with Gasteiger partial charge in [-0.3, -0.25) is 14.4 Å². The lowest BCUT2D eigenvalue weighted by Gasteiger charge is -2.52. The standard InChI is InChI=1S/C22H24N2O7/c1-21-7-9-6-10-11(24(2)3)4-5-12(25)15(10)17(27)14(9)18(28)22(21,31)19(29)16(20(23)30)13(26)8-21/h4-5,9,25,27,29,31H,6-8H2,1-3H3,(H2,23,30)/t9-,21-,22-/m0/s1. The van der Waals surface area contributed by atoms with E-state index in [1.54, 1.807) is 6.07 Å². The van der Waals surface area contributed by atoms with E-state index in [4.69, 9.17) is 5.73 Å². The molecule has 0 unspecified atom stereocenters. The fourth-order valence-corrected chi connectivity index (χ4v) is 5.42. The van der Waals surface area contributed by atoms with Crippen LogP contribution in [0.2, 0.25) is 0 Å². The van der Waals surface area contributed by atoms with Crippen LogP contribution < -0.4 is 10.6 Å². The molecule has 0 aromatic heterocycles. The third-order valence-electron chi connectivity index (χ3n) is 6.90. The summed E-state index contributed by atoms with van der Waals surface area (Å²) in [4.78, 5) is 39.6. The predicted octanol–water partition coefficient (Wildman–Crippen LogP) is 0.880. The molecule has 0 radical (unpaired) electrons. The number of ketones is 2. The number of fused-ring (bicyclic) bond motifs is 3. The van der Waals surface area contributed by atoms with Crippen LogP contribution in [0.15, 0.2) is 29.0 Å². The second-order valence-electron chi connectivity index (χ2n) is 9.01. The summed E-state index contributed by atoms with van der Waals surface area (Å²) in [5.74, 6) is -5.36. The smallest absolute Gasteiger partial charge is 0.255 e. The lowest BCUT2D eigenvalue weighted by Crippen LogP contribution is -2.63. The molecule has 1 aromatic carbocycles. The molecule has 164 valence electrons. The van der Waals surface area contributed by atoms with Crippen molar-refractivity contribution < 1.29 is 34.8 Å². The van der Waals surface area contributed by atoms with E-state index in [9.17, 15) is 34.8 Å². The quantitative estimate of drug-likeness (QED) is 0.434. The second kappa shape index (κ2) is 6.34. The Labute approximate surface area is 178 Å². The van der Waals surface area contributed by atoms with Gasteiger partial charge in [-0.25, -0.2) is 0 Å². The molecule has 3 aliphatic rings. The van der Waals surface area contributed by atoms with E-state index in [2.05, 4.69) is 0 Å². The predicted molar refractivity (Wildman–Crippen MR) is 110 cm³/mol. The maximum Gasteiger partial charge on any atom is 0.255 e. The molecule has 1 saturated carbocycles. The van der Waals surface area contributed by atoms with Gasteiger partial charge in [-0.2, -0.15) is 0 Å². The van der Waals surface area contributed by atoms with Gasteiger partial charge in [0.15, 0.2) is 11.4 Å². The van der Waals surface area contributed by atoms with E-state index in [0.29, 0.717) is 5.56 Å². The number of aliphatic hydroxyl groups is 3. The van der Waals surface area contributed by atoms with E-state index < -0.39 is 51.5 Å². The van der Waals surface area contributed by atoms with Gasteiger partial charge in [0.05, 0.1) is 5.56 Å². The third-order valence-corrected chi connectivity index (χ3v) is 6.90. The van der Waals surface area contributed by atoms with E-state index in [0.717, 1.165) is 5.69 Å². The summed E-state index contributed by atoms with van der Waals surface area (Å²) in [6, 6.07) is 3.10. The van der Waals surface area contributed by atoms with Crippen molar-refractivity contribution in [2.45, 2.75) is 31.8 Å². The average Bonchev–Trinajstić information content (AvgIpc) is 2.64.